The molecule has 1 fully saturated rings. The van der Waals surface area contributed by atoms with Crippen LogP contribution in [0.2, 0.25) is 0 Å². The number of rotatable bonds is 1. The molecule has 1 heterocycles. The number of nitrogens with two attached hydrogens (primary N) is 1. The Morgan fingerprint density at radius 2 is 2.17 bits per heavy atom. The molecule has 2 N–H and O–H groups in total. The summed E-state index contributed by atoms with van der Waals surface area (Å²) >= 11 is 3.36. The van der Waals surface area contributed by atoms with Gasteiger partial charge in [0.25, 0.3) is 5.91 Å². The summed E-state index contributed by atoms with van der Waals surface area (Å²) in [5, 5.41) is 0. The predicted octanol–water partition coefficient (Wildman–Crippen LogP) is 3.29. The average Bonchev–Trinajstić information content (AvgIpc) is 2.53. The lowest BCUT2D eigenvalue weighted by molar-refractivity contribution is 0.0761. The molecule has 1 atom stereocenters. The van der Waals surface area contributed by atoms with Crippen LogP contribution in [-0.2, 0) is 0 Å². The van der Waals surface area contributed by atoms with Crippen LogP contribution in [0, 0.1) is 5.92 Å². The van der Waals surface area contributed by atoms with Crippen LogP contribution in [0.1, 0.15) is 36.5 Å². The van der Waals surface area contributed by atoms with E-state index in [9.17, 15) is 4.79 Å². The van der Waals surface area contributed by atoms with Gasteiger partial charge in [-0.2, -0.15) is 0 Å². The van der Waals surface area contributed by atoms with Gasteiger partial charge in [0, 0.05) is 23.2 Å². The fourth-order valence-corrected chi connectivity index (χ4v) is 2.74. The third kappa shape index (κ3) is 3.05. The van der Waals surface area contributed by atoms with Gasteiger partial charge in [0.15, 0.2) is 0 Å². The van der Waals surface area contributed by atoms with Crippen LogP contribution in [0.3, 0.4) is 0 Å². The van der Waals surface area contributed by atoms with Crippen molar-refractivity contribution < 1.29 is 4.79 Å². The summed E-state index contributed by atoms with van der Waals surface area (Å²) in [5.74, 6) is 0.777. The van der Waals surface area contributed by atoms with Crippen LogP contribution >= 0.6 is 15.9 Å². The SMILES string of the molecule is CC1CCCN(C(=O)c2ccc(Br)cc2N)CC1. The molecule has 0 bridgehead atoms. The molecule has 0 aromatic heterocycles. The normalized spacial score (nSPS) is 20.6. The summed E-state index contributed by atoms with van der Waals surface area (Å²) in [4.78, 5) is 14.4. The van der Waals surface area contributed by atoms with Crippen molar-refractivity contribution in [3.63, 3.8) is 0 Å². The van der Waals surface area contributed by atoms with Crippen LogP contribution in [0.5, 0.6) is 0 Å². The maximum atomic E-state index is 12.4. The second-order valence-electron chi connectivity index (χ2n) is 5.06. The predicted molar refractivity (Wildman–Crippen MR) is 77.5 cm³/mol. The fourth-order valence-electron chi connectivity index (χ4n) is 2.36. The number of amides is 1. The zero-order valence-corrected chi connectivity index (χ0v) is 12.2. The summed E-state index contributed by atoms with van der Waals surface area (Å²) in [7, 11) is 0. The Hall–Kier alpha value is -1.03. The molecule has 1 unspecified atom stereocenters. The highest BCUT2D eigenvalue weighted by atomic mass is 79.9. The van der Waals surface area contributed by atoms with E-state index in [0.29, 0.717) is 17.2 Å². The number of anilines is 1. The van der Waals surface area contributed by atoms with Crippen LogP contribution in [0.15, 0.2) is 22.7 Å². The Bertz CT molecular complexity index is 447. The highest BCUT2D eigenvalue weighted by Crippen LogP contribution is 2.22. The molecule has 4 heteroatoms. The molecule has 1 saturated heterocycles. The number of benzene rings is 1. The number of nitrogens with zero attached hydrogens (tertiary/aromatic N) is 1. The standard InChI is InChI=1S/C14H19BrN2O/c1-10-3-2-7-17(8-6-10)14(18)12-5-4-11(15)9-13(12)16/h4-5,9-10H,2-3,6-8,16H2,1H3. The van der Waals surface area contributed by atoms with Gasteiger partial charge in [-0.15, -0.1) is 0 Å². The van der Waals surface area contributed by atoms with Crippen molar-refractivity contribution in [2.45, 2.75) is 26.2 Å². The summed E-state index contributed by atoms with van der Waals surface area (Å²) < 4.78 is 0.904. The second-order valence-corrected chi connectivity index (χ2v) is 5.98. The van der Waals surface area contributed by atoms with Crippen LogP contribution in [0.25, 0.3) is 0 Å². The first-order valence-electron chi connectivity index (χ1n) is 6.42. The number of hydrogen-bond acceptors (Lipinski definition) is 2. The number of hydrogen-bond donors (Lipinski definition) is 1. The van der Waals surface area contributed by atoms with Crippen LogP contribution < -0.4 is 5.73 Å². The van der Waals surface area contributed by atoms with Crippen molar-refractivity contribution in [2.24, 2.45) is 5.92 Å². The number of nitrogen functional groups attached to an aromatic ring is 1. The van der Waals surface area contributed by atoms with Crippen LogP contribution in [0.4, 0.5) is 5.69 Å². The van der Waals surface area contributed by atoms with E-state index in [0.717, 1.165) is 30.4 Å². The molecule has 2 rings (SSSR count). The zero-order chi connectivity index (χ0) is 13.1. The minimum absolute atomic E-state index is 0.0640. The molecule has 0 radical (unpaired) electrons. The quantitative estimate of drug-likeness (QED) is 0.809. The Morgan fingerprint density at radius 1 is 1.39 bits per heavy atom. The second kappa shape index (κ2) is 5.74. The van der Waals surface area contributed by atoms with E-state index in [1.54, 1.807) is 12.1 Å². The maximum Gasteiger partial charge on any atom is 0.255 e. The van der Waals surface area contributed by atoms with Gasteiger partial charge in [0.2, 0.25) is 0 Å². The van der Waals surface area contributed by atoms with Crippen molar-refractivity contribution in [1.29, 1.82) is 0 Å². The molecule has 0 spiro atoms. The Kier molecular flexibility index (Phi) is 4.27. The smallest absolute Gasteiger partial charge is 0.255 e. The summed E-state index contributed by atoms with van der Waals surface area (Å²) in [5.41, 5.74) is 7.08. The third-order valence-corrected chi connectivity index (χ3v) is 4.04. The lowest BCUT2D eigenvalue weighted by atomic mass is 10.0. The monoisotopic (exact) mass is 310 g/mol. The first-order chi connectivity index (χ1) is 8.58. The number of carbonyl (C=O) groups is 1. The van der Waals surface area contributed by atoms with Crippen LogP contribution in [-0.4, -0.2) is 23.9 Å². The van der Waals surface area contributed by atoms with Gasteiger partial charge in [0.05, 0.1) is 5.56 Å². The Labute approximate surface area is 116 Å². The van der Waals surface area contributed by atoms with Crippen molar-refractivity contribution in [2.75, 3.05) is 18.8 Å². The van der Waals surface area contributed by atoms with E-state index < -0.39 is 0 Å². The molecule has 1 aliphatic heterocycles. The van der Waals surface area contributed by atoms with Gasteiger partial charge >= 0.3 is 0 Å². The van der Waals surface area contributed by atoms with Crippen molar-refractivity contribution in [1.82, 2.24) is 4.90 Å². The Morgan fingerprint density at radius 3 is 2.89 bits per heavy atom. The molecule has 98 valence electrons. The summed E-state index contributed by atoms with van der Waals surface area (Å²) in [6.45, 7) is 3.94. The van der Waals surface area contributed by atoms with E-state index >= 15 is 0 Å². The van der Waals surface area contributed by atoms with Gasteiger partial charge in [-0.1, -0.05) is 22.9 Å². The minimum Gasteiger partial charge on any atom is -0.398 e. The maximum absolute atomic E-state index is 12.4. The largest absolute Gasteiger partial charge is 0.398 e. The molecular weight excluding hydrogens is 292 g/mol. The summed E-state index contributed by atoms with van der Waals surface area (Å²) in [6, 6.07) is 5.45. The third-order valence-electron chi connectivity index (χ3n) is 3.55. The molecule has 1 amide bonds. The zero-order valence-electron chi connectivity index (χ0n) is 10.7. The van der Waals surface area contributed by atoms with Crippen molar-refractivity contribution >= 4 is 27.5 Å². The minimum atomic E-state index is 0.0640. The van der Waals surface area contributed by atoms with Gasteiger partial charge in [-0.05, 0) is 43.4 Å². The number of halogens is 1. The van der Waals surface area contributed by atoms with E-state index in [1.807, 2.05) is 11.0 Å². The molecule has 3 nitrogen and oxygen atoms in total. The van der Waals surface area contributed by atoms with Crippen molar-refractivity contribution in [3.8, 4) is 0 Å². The molecule has 1 aromatic rings. The number of likely N-dealkylation sites (tertiary alicyclic amines) is 1. The van der Waals surface area contributed by atoms with E-state index in [4.69, 9.17) is 5.73 Å². The highest BCUT2D eigenvalue weighted by molar-refractivity contribution is 9.10. The summed E-state index contributed by atoms with van der Waals surface area (Å²) in [6.07, 6.45) is 3.38. The van der Waals surface area contributed by atoms with Gasteiger partial charge < -0.3 is 10.6 Å². The highest BCUT2D eigenvalue weighted by Gasteiger charge is 2.21. The molecule has 1 aliphatic rings. The lowest BCUT2D eigenvalue weighted by Gasteiger charge is -2.21. The Balaban J connectivity index is 2.15. The molecule has 0 aliphatic carbocycles. The van der Waals surface area contributed by atoms with Crippen molar-refractivity contribution in [3.05, 3.63) is 28.2 Å². The first-order valence-corrected chi connectivity index (χ1v) is 7.21. The molecule has 0 saturated carbocycles. The average molecular weight is 311 g/mol. The van der Waals surface area contributed by atoms with E-state index in [1.165, 1.54) is 6.42 Å². The van der Waals surface area contributed by atoms with Gasteiger partial charge in [-0.25, -0.2) is 0 Å². The van der Waals surface area contributed by atoms with Gasteiger partial charge in [-0.3, -0.25) is 4.79 Å². The fraction of sp³-hybridized carbons (Fsp3) is 0.500. The van der Waals surface area contributed by atoms with Gasteiger partial charge in [0.1, 0.15) is 0 Å². The molecule has 18 heavy (non-hydrogen) atoms. The molecule has 1 aromatic carbocycles. The first kappa shape index (κ1) is 13.4. The number of carbonyl (C=O) groups excluding carboxylic acids is 1. The van der Waals surface area contributed by atoms with E-state index in [-0.39, 0.29) is 5.91 Å². The lowest BCUT2D eigenvalue weighted by Crippen LogP contribution is -2.32. The molecular formula is C14H19BrN2O. The van der Waals surface area contributed by atoms with E-state index in [2.05, 4.69) is 22.9 Å². The topological polar surface area (TPSA) is 46.3 Å².